The van der Waals surface area contributed by atoms with Crippen molar-refractivity contribution in [1.29, 1.82) is 0 Å². The first-order valence-electron chi connectivity index (χ1n) is 7.11. The molecule has 4 heteroatoms. The van der Waals surface area contributed by atoms with Gasteiger partial charge in [0.15, 0.2) is 0 Å². The maximum Gasteiger partial charge on any atom is 0.245 e. The zero-order valence-electron chi connectivity index (χ0n) is 12.9. The number of rotatable bonds is 2. The third-order valence-corrected chi connectivity index (χ3v) is 4.89. The zero-order chi connectivity index (χ0) is 14.6. The van der Waals surface area contributed by atoms with Crippen molar-refractivity contribution >= 4 is 11.8 Å². The minimum Gasteiger partial charge on any atom is -0.344 e. The summed E-state index contributed by atoms with van der Waals surface area (Å²) in [6.45, 7) is 13.7. The van der Waals surface area contributed by atoms with Crippen molar-refractivity contribution in [3.63, 3.8) is 0 Å². The number of carbonyl (C=O) groups excluding carboxylic acids is 2. The number of piperidine rings is 1. The first-order chi connectivity index (χ1) is 8.55. The van der Waals surface area contributed by atoms with Crippen LogP contribution in [0.3, 0.4) is 0 Å². The van der Waals surface area contributed by atoms with E-state index in [-0.39, 0.29) is 17.2 Å². The topological polar surface area (TPSA) is 49.4 Å². The van der Waals surface area contributed by atoms with Gasteiger partial charge in [0.05, 0.1) is 0 Å². The average molecular weight is 266 g/mol. The van der Waals surface area contributed by atoms with Crippen LogP contribution in [0.15, 0.2) is 0 Å². The summed E-state index contributed by atoms with van der Waals surface area (Å²) in [7, 11) is 0. The van der Waals surface area contributed by atoms with E-state index in [9.17, 15) is 9.59 Å². The highest BCUT2D eigenvalue weighted by molar-refractivity contribution is 5.88. The molecule has 0 aromatic rings. The summed E-state index contributed by atoms with van der Waals surface area (Å²) < 4.78 is 0. The molecule has 1 N–H and O–H groups in total. The Hall–Kier alpha value is -1.06. The molecule has 2 amide bonds. The molecule has 0 bridgehead atoms. The minimum absolute atomic E-state index is 0.0747. The second-order valence-corrected chi connectivity index (χ2v) is 7.78. The van der Waals surface area contributed by atoms with Gasteiger partial charge in [-0.05, 0) is 22.7 Å². The minimum atomic E-state index is -0.425. The van der Waals surface area contributed by atoms with Crippen LogP contribution in [0.5, 0.6) is 0 Å². The van der Waals surface area contributed by atoms with Crippen LogP contribution in [0.25, 0.3) is 0 Å². The molecule has 1 saturated heterocycles. The number of hydrogen-bond donors (Lipinski definition) is 1. The quantitative estimate of drug-likeness (QED) is 0.826. The van der Waals surface area contributed by atoms with Gasteiger partial charge in [0.25, 0.3) is 0 Å². The Balaban J connectivity index is 2.04. The summed E-state index contributed by atoms with van der Waals surface area (Å²) in [4.78, 5) is 25.9. The van der Waals surface area contributed by atoms with E-state index in [1.165, 1.54) is 6.92 Å². The summed E-state index contributed by atoms with van der Waals surface area (Å²) in [6.07, 6.45) is 0. The van der Waals surface area contributed by atoms with Gasteiger partial charge in [0.1, 0.15) is 6.04 Å². The van der Waals surface area contributed by atoms with Gasteiger partial charge in [-0.15, -0.1) is 0 Å². The molecule has 1 aliphatic heterocycles. The molecule has 1 aliphatic carbocycles. The molecule has 2 aliphatic rings. The SMILES string of the molecule is CC(=O)NC(C(=O)N1CC2C(C1)C2(C)C)C(C)(C)C. The standard InChI is InChI=1S/C15H26N2O2/c1-9(18)16-12(14(2,3)4)13(19)17-7-10-11(8-17)15(10,5)6/h10-12H,7-8H2,1-6H3,(H,16,18). The first kappa shape index (κ1) is 14.4. The molecule has 2 rings (SSSR count). The lowest BCUT2D eigenvalue weighted by molar-refractivity contribution is -0.138. The molecule has 0 spiro atoms. The number of nitrogens with one attached hydrogen (secondary N) is 1. The van der Waals surface area contributed by atoms with Gasteiger partial charge >= 0.3 is 0 Å². The lowest BCUT2D eigenvalue weighted by Gasteiger charge is -2.34. The van der Waals surface area contributed by atoms with Crippen molar-refractivity contribution in [3.05, 3.63) is 0 Å². The highest BCUT2D eigenvalue weighted by atomic mass is 16.2. The van der Waals surface area contributed by atoms with Gasteiger partial charge in [-0.25, -0.2) is 0 Å². The molecule has 1 heterocycles. The highest BCUT2D eigenvalue weighted by Gasteiger charge is 2.63. The fourth-order valence-corrected chi connectivity index (χ4v) is 3.35. The maximum absolute atomic E-state index is 12.6. The number of nitrogens with zero attached hydrogens (tertiary/aromatic N) is 1. The Morgan fingerprint density at radius 2 is 1.68 bits per heavy atom. The molecule has 3 atom stereocenters. The zero-order valence-corrected chi connectivity index (χ0v) is 12.9. The van der Waals surface area contributed by atoms with Crippen LogP contribution in [-0.4, -0.2) is 35.8 Å². The lowest BCUT2D eigenvalue weighted by Crippen LogP contribution is -2.54. The van der Waals surface area contributed by atoms with Gasteiger partial charge < -0.3 is 10.2 Å². The molecule has 1 saturated carbocycles. The Bertz CT molecular complexity index is 395. The Kier molecular flexibility index (Phi) is 3.19. The van der Waals surface area contributed by atoms with Crippen molar-refractivity contribution in [3.8, 4) is 0 Å². The van der Waals surface area contributed by atoms with Gasteiger partial charge in [-0.1, -0.05) is 34.6 Å². The van der Waals surface area contributed by atoms with Crippen LogP contribution < -0.4 is 5.32 Å². The molecule has 108 valence electrons. The van der Waals surface area contributed by atoms with Crippen LogP contribution in [0, 0.1) is 22.7 Å². The monoisotopic (exact) mass is 266 g/mol. The number of likely N-dealkylation sites (tertiary alicyclic amines) is 1. The number of fused-ring (bicyclic) bond motifs is 1. The predicted octanol–water partition coefficient (Wildman–Crippen LogP) is 1.65. The highest BCUT2D eigenvalue weighted by Crippen LogP contribution is 2.62. The fraction of sp³-hybridized carbons (Fsp3) is 0.867. The number of amides is 2. The van der Waals surface area contributed by atoms with Gasteiger partial charge in [-0.3, -0.25) is 9.59 Å². The Labute approximate surface area is 115 Å². The molecular weight excluding hydrogens is 240 g/mol. The number of carbonyl (C=O) groups is 2. The molecule has 3 unspecified atom stereocenters. The van der Waals surface area contributed by atoms with Crippen LogP contribution in [0.4, 0.5) is 0 Å². The van der Waals surface area contributed by atoms with E-state index in [1.54, 1.807) is 0 Å². The lowest BCUT2D eigenvalue weighted by atomic mass is 9.85. The summed E-state index contributed by atoms with van der Waals surface area (Å²) in [5.41, 5.74) is 0.146. The van der Waals surface area contributed by atoms with E-state index < -0.39 is 6.04 Å². The van der Waals surface area contributed by atoms with Crippen molar-refractivity contribution in [2.24, 2.45) is 22.7 Å². The Morgan fingerprint density at radius 3 is 2.05 bits per heavy atom. The largest absolute Gasteiger partial charge is 0.344 e. The third kappa shape index (κ3) is 2.49. The van der Waals surface area contributed by atoms with Crippen LogP contribution in [0.1, 0.15) is 41.5 Å². The Morgan fingerprint density at radius 1 is 1.21 bits per heavy atom. The molecule has 4 nitrogen and oxygen atoms in total. The summed E-state index contributed by atoms with van der Waals surface area (Å²) >= 11 is 0. The summed E-state index contributed by atoms with van der Waals surface area (Å²) in [5, 5.41) is 2.82. The summed E-state index contributed by atoms with van der Waals surface area (Å²) in [6, 6.07) is -0.425. The van der Waals surface area contributed by atoms with Crippen molar-refractivity contribution in [2.75, 3.05) is 13.1 Å². The van der Waals surface area contributed by atoms with E-state index in [2.05, 4.69) is 19.2 Å². The second kappa shape index (κ2) is 4.22. The van der Waals surface area contributed by atoms with Crippen molar-refractivity contribution in [1.82, 2.24) is 10.2 Å². The molecule has 0 radical (unpaired) electrons. The van der Waals surface area contributed by atoms with E-state index in [0.29, 0.717) is 17.3 Å². The smallest absolute Gasteiger partial charge is 0.245 e. The van der Waals surface area contributed by atoms with Gasteiger partial charge in [0, 0.05) is 20.0 Å². The van der Waals surface area contributed by atoms with Crippen LogP contribution >= 0.6 is 0 Å². The van der Waals surface area contributed by atoms with E-state index in [0.717, 1.165) is 13.1 Å². The molecular formula is C15H26N2O2. The molecule has 2 fully saturated rings. The van der Waals surface area contributed by atoms with E-state index >= 15 is 0 Å². The first-order valence-corrected chi connectivity index (χ1v) is 7.11. The van der Waals surface area contributed by atoms with Crippen LogP contribution in [0.2, 0.25) is 0 Å². The molecule has 0 aromatic carbocycles. The summed E-state index contributed by atoms with van der Waals surface area (Å²) in [5.74, 6) is 1.23. The third-order valence-electron chi connectivity index (χ3n) is 4.89. The van der Waals surface area contributed by atoms with Crippen molar-refractivity contribution < 1.29 is 9.59 Å². The van der Waals surface area contributed by atoms with E-state index in [1.807, 2.05) is 25.7 Å². The second-order valence-electron chi connectivity index (χ2n) is 7.78. The number of hydrogen-bond acceptors (Lipinski definition) is 2. The maximum atomic E-state index is 12.6. The fourth-order valence-electron chi connectivity index (χ4n) is 3.35. The van der Waals surface area contributed by atoms with E-state index in [4.69, 9.17) is 0 Å². The normalized spacial score (nSPS) is 29.7. The van der Waals surface area contributed by atoms with Crippen LogP contribution in [-0.2, 0) is 9.59 Å². The molecule has 19 heavy (non-hydrogen) atoms. The van der Waals surface area contributed by atoms with Gasteiger partial charge in [-0.2, -0.15) is 0 Å². The van der Waals surface area contributed by atoms with Gasteiger partial charge in [0.2, 0.25) is 11.8 Å². The molecule has 0 aromatic heterocycles. The van der Waals surface area contributed by atoms with Crippen molar-refractivity contribution in [2.45, 2.75) is 47.6 Å². The average Bonchev–Trinajstić information content (AvgIpc) is 2.66. The predicted molar refractivity (Wildman–Crippen MR) is 74.4 cm³/mol.